The Morgan fingerprint density at radius 3 is 2.67 bits per heavy atom. The molecule has 0 bridgehead atoms. The van der Waals surface area contributed by atoms with Crippen molar-refractivity contribution in [3.05, 3.63) is 35.4 Å². The zero-order valence-electron chi connectivity index (χ0n) is 8.14. The third kappa shape index (κ3) is 2.50. The zero-order chi connectivity index (χ0) is 10.9. The van der Waals surface area contributed by atoms with Crippen LogP contribution in [0.5, 0.6) is 0 Å². The molecule has 0 fully saturated rings. The number of hydrogen-bond donors (Lipinski definition) is 1. The lowest BCUT2D eigenvalue weighted by molar-refractivity contribution is -0.124. The lowest BCUT2D eigenvalue weighted by Crippen LogP contribution is -2.35. The molecule has 1 N–H and O–H groups in total. The summed E-state index contributed by atoms with van der Waals surface area (Å²) in [6.45, 7) is -0.484. The van der Waals surface area contributed by atoms with Gasteiger partial charge in [0.05, 0.1) is 6.54 Å². The molecule has 1 unspecified atom stereocenters. The van der Waals surface area contributed by atoms with E-state index in [1.165, 1.54) is 11.1 Å². The smallest absolute Gasteiger partial charge is 0.308 e. The molecule has 1 aromatic carbocycles. The average molecular weight is 215 g/mol. The van der Waals surface area contributed by atoms with E-state index in [-0.39, 0.29) is 5.92 Å². The van der Waals surface area contributed by atoms with Crippen LogP contribution in [0.2, 0.25) is 0 Å². The zero-order valence-corrected chi connectivity index (χ0v) is 8.14. The summed E-state index contributed by atoms with van der Waals surface area (Å²) < 4.78 is 35.6. The number of fused-ring (bicyclic) bond motifs is 1. The number of hydrogen-bond acceptors (Lipinski definition) is 1. The molecule has 0 spiro atoms. The van der Waals surface area contributed by atoms with Crippen molar-refractivity contribution in [2.45, 2.75) is 18.5 Å². The second-order valence-electron chi connectivity index (χ2n) is 3.85. The van der Waals surface area contributed by atoms with Crippen LogP contribution in [-0.2, 0) is 6.42 Å². The van der Waals surface area contributed by atoms with Gasteiger partial charge in [0.2, 0.25) is 0 Å². The van der Waals surface area contributed by atoms with Crippen molar-refractivity contribution in [3.63, 3.8) is 0 Å². The standard InChI is InChI=1S/C11H12F3N/c12-11(13,14)7-15-6-9-5-8-3-1-2-4-10(8)9/h1-4,9,15H,5-7H2. The Morgan fingerprint density at radius 2 is 2.00 bits per heavy atom. The van der Waals surface area contributed by atoms with Crippen LogP contribution in [-0.4, -0.2) is 19.3 Å². The quantitative estimate of drug-likeness (QED) is 0.816. The Hall–Kier alpha value is -1.03. The normalized spacial score (nSPS) is 19.5. The van der Waals surface area contributed by atoms with Gasteiger partial charge < -0.3 is 5.32 Å². The molecule has 0 amide bonds. The van der Waals surface area contributed by atoms with E-state index in [2.05, 4.69) is 5.32 Å². The molecular formula is C11H12F3N. The van der Waals surface area contributed by atoms with Crippen LogP contribution in [0.25, 0.3) is 0 Å². The van der Waals surface area contributed by atoms with E-state index in [0.717, 1.165) is 6.42 Å². The molecule has 0 aromatic heterocycles. The molecule has 15 heavy (non-hydrogen) atoms. The predicted molar refractivity (Wildman–Crippen MR) is 51.8 cm³/mol. The lowest BCUT2D eigenvalue weighted by atomic mass is 9.78. The summed E-state index contributed by atoms with van der Waals surface area (Å²) in [5, 5.41) is 2.44. The molecule has 1 aromatic rings. The molecule has 0 radical (unpaired) electrons. The summed E-state index contributed by atoms with van der Waals surface area (Å²) in [5.41, 5.74) is 2.45. The van der Waals surface area contributed by atoms with Gasteiger partial charge >= 0.3 is 6.18 Å². The molecule has 0 heterocycles. The highest BCUT2D eigenvalue weighted by Gasteiger charge is 2.29. The number of nitrogens with one attached hydrogen (secondary N) is 1. The van der Waals surface area contributed by atoms with Crippen LogP contribution in [0.1, 0.15) is 17.0 Å². The first-order valence-corrected chi connectivity index (χ1v) is 4.91. The monoisotopic (exact) mass is 215 g/mol. The number of alkyl halides is 3. The third-order valence-corrected chi connectivity index (χ3v) is 2.68. The minimum atomic E-state index is -4.11. The fraction of sp³-hybridized carbons (Fsp3) is 0.455. The van der Waals surface area contributed by atoms with Crippen LogP contribution >= 0.6 is 0 Å². The molecule has 82 valence electrons. The first-order valence-electron chi connectivity index (χ1n) is 4.91. The van der Waals surface area contributed by atoms with Gasteiger partial charge in [0, 0.05) is 12.5 Å². The summed E-state index contributed by atoms with van der Waals surface area (Å²) in [4.78, 5) is 0. The van der Waals surface area contributed by atoms with E-state index in [9.17, 15) is 13.2 Å². The number of rotatable bonds is 3. The summed E-state index contributed by atoms with van der Waals surface area (Å²) in [5.74, 6) is 0.253. The Morgan fingerprint density at radius 1 is 1.27 bits per heavy atom. The van der Waals surface area contributed by atoms with Gasteiger partial charge in [-0.15, -0.1) is 0 Å². The first-order chi connectivity index (χ1) is 7.06. The molecule has 1 nitrogen and oxygen atoms in total. The van der Waals surface area contributed by atoms with Crippen LogP contribution in [0, 0.1) is 0 Å². The molecule has 0 saturated carbocycles. The predicted octanol–water partition coefficient (Wildman–Crippen LogP) is 2.48. The topological polar surface area (TPSA) is 12.0 Å². The Bertz CT molecular complexity index is 346. The van der Waals surface area contributed by atoms with Crippen molar-refractivity contribution in [1.29, 1.82) is 0 Å². The minimum absolute atomic E-state index is 0.253. The third-order valence-electron chi connectivity index (χ3n) is 2.68. The van der Waals surface area contributed by atoms with E-state index in [4.69, 9.17) is 0 Å². The van der Waals surface area contributed by atoms with Gasteiger partial charge in [-0.25, -0.2) is 0 Å². The van der Waals surface area contributed by atoms with Crippen molar-refractivity contribution in [1.82, 2.24) is 5.32 Å². The first kappa shape index (κ1) is 10.5. The van der Waals surface area contributed by atoms with Crippen molar-refractivity contribution in [2.75, 3.05) is 13.1 Å². The summed E-state index contributed by atoms with van der Waals surface area (Å²) in [6, 6.07) is 7.89. The van der Waals surface area contributed by atoms with Crippen LogP contribution in [0.15, 0.2) is 24.3 Å². The highest BCUT2D eigenvalue weighted by Crippen LogP contribution is 2.34. The van der Waals surface area contributed by atoms with Gasteiger partial charge in [-0.3, -0.25) is 0 Å². The number of benzene rings is 1. The molecule has 1 aliphatic carbocycles. The Kier molecular flexibility index (Phi) is 2.69. The molecule has 0 saturated heterocycles. The van der Waals surface area contributed by atoms with Crippen molar-refractivity contribution in [3.8, 4) is 0 Å². The number of halogens is 3. The fourth-order valence-corrected chi connectivity index (χ4v) is 1.93. The molecule has 4 heteroatoms. The lowest BCUT2D eigenvalue weighted by Gasteiger charge is -2.30. The van der Waals surface area contributed by atoms with Gasteiger partial charge in [-0.1, -0.05) is 24.3 Å². The van der Waals surface area contributed by atoms with Crippen molar-refractivity contribution in [2.24, 2.45) is 0 Å². The van der Waals surface area contributed by atoms with Gasteiger partial charge in [0.1, 0.15) is 0 Å². The molecule has 1 aliphatic rings. The minimum Gasteiger partial charge on any atom is -0.308 e. The largest absolute Gasteiger partial charge is 0.401 e. The van der Waals surface area contributed by atoms with Gasteiger partial charge in [0.25, 0.3) is 0 Å². The van der Waals surface area contributed by atoms with Gasteiger partial charge in [-0.2, -0.15) is 13.2 Å². The maximum absolute atomic E-state index is 11.9. The average Bonchev–Trinajstić information content (AvgIpc) is 2.11. The van der Waals surface area contributed by atoms with Crippen molar-refractivity contribution >= 4 is 0 Å². The highest BCUT2D eigenvalue weighted by atomic mass is 19.4. The SMILES string of the molecule is FC(F)(F)CNCC1Cc2ccccc21. The molecule has 1 atom stereocenters. The summed E-state index contributed by atoms with van der Waals surface area (Å²) in [6.07, 6.45) is -3.22. The Labute approximate surface area is 86.3 Å². The van der Waals surface area contributed by atoms with E-state index in [1.807, 2.05) is 24.3 Å². The summed E-state index contributed by atoms with van der Waals surface area (Å²) in [7, 11) is 0. The second kappa shape index (κ2) is 3.85. The van der Waals surface area contributed by atoms with E-state index < -0.39 is 12.7 Å². The highest BCUT2D eigenvalue weighted by molar-refractivity contribution is 5.40. The fourth-order valence-electron chi connectivity index (χ4n) is 1.93. The van der Waals surface area contributed by atoms with Crippen LogP contribution in [0.4, 0.5) is 13.2 Å². The van der Waals surface area contributed by atoms with Crippen LogP contribution in [0.3, 0.4) is 0 Å². The molecule has 2 rings (SSSR count). The van der Waals surface area contributed by atoms with Gasteiger partial charge in [-0.05, 0) is 17.5 Å². The second-order valence-corrected chi connectivity index (χ2v) is 3.85. The van der Waals surface area contributed by atoms with E-state index in [1.54, 1.807) is 0 Å². The maximum atomic E-state index is 11.9. The van der Waals surface area contributed by atoms with E-state index >= 15 is 0 Å². The maximum Gasteiger partial charge on any atom is 0.401 e. The van der Waals surface area contributed by atoms with Crippen molar-refractivity contribution < 1.29 is 13.2 Å². The summed E-state index contributed by atoms with van der Waals surface area (Å²) >= 11 is 0. The molecule has 0 aliphatic heterocycles. The van der Waals surface area contributed by atoms with E-state index in [0.29, 0.717) is 6.54 Å². The van der Waals surface area contributed by atoms with Gasteiger partial charge in [0.15, 0.2) is 0 Å². The Balaban J connectivity index is 1.81. The van der Waals surface area contributed by atoms with Crippen LogP contribution < -0.4 is 5.32 Å². The molecular weight excluding hydrogens is 203 g/mol.